The Hall–Kier alpha value is -3.69. The molecule has 1 saturated carbocycles. The van der Waals surface area contributed by atoms with Crippen LogP contribution in [0.5, 0.6) is 0 Å². The average molecular weight is 437 g/mol. The molecule has 0 aromatic carbocycles. The smallest absolute Gasteiger partial charge is 0.251 e. The first-order valence-corrected chi connectivity index (χ1v) is 10.5. The molecule has 3 heterocycles. The van der Waals surface area contributed by atoms with Gasteiger partial charge in [0.25, 0.3) is 5.91 Å². The maximum Gasteiger partial charge on any atom is 0.251 e. The van der Waals surface area contributed by atoms with Crippen molar-refractivity contribution in [2.75, 3.05) is 5.32 Å². The van der Waals surface area contributed by atoms with Gasteiger partial charge < -0.3 is 10.6 Å². The molecule has 0 saturated heterocycles. The molecule has 3 aromatic rings. The molecule has 0 aliphatic heterocycles. The molecule has 5 rings (SSSR count). The summed E-state index contributed by atoms with van der Waals surface area (Å²) in [5.41, 5.74) is 1.37. The number of amides is 1. The molecule has 1 amide bonds. The quantitative estimate of drug-likeness (QED) is 0.565. The Morgan fingerprint density at radius 2 is 2.03 bits per heavy atom. The molecule has 164 valence electrons. The number of rotatable bonds is 5. The number of carbonyl (C=O) groups excluding carboxylic acids is 1. The van der Waals surface area contributed by atoms with Gasteiger partial charge in [-0.05, 0) is 38.2 Å². The predicted molar refractivity (Wildman–Crippen MR) is 114 cm³/mol. The Kier molecular flexibility index (Phi) is 5.34. The highest BCUT2D eigenvalue weighted by Gasteiger charge is 2.25. The van der Waals surface area contributed by atoms with Crippen LogP contribution in [0, 0.1) is 11.6 Å². The zero-order chi connectivity index (χ0) is 22.1. The summed E-state index contributed by atoms with van der Waals surface area (Å²) in [6.07, 6.45) is 11.8. The van der Waals surface area contributed by atoms with E-state index < -0.39 is 11.6 Å². The van der Waals surface area contributed by atoms with Crippen molar-refractivity contribution in [2.24, 2.45) is 0 Å². The normalized spacial score (nSPS) is 20.4. The van der Waals surface area contributed by atoms with Gasteiger partial charge in [-0.1, -0.05) is 18.2 Å². The first kappa shape index (κ1) is 20.2. The predicted octanol–water partition coefficient (Wildman–Crippen LogP) is 3.42. The summed E-state index contributed by atoms with van der Waals surface area (Å²) in [6, 6.07) is 1.22. The number of hydrogen-bond donors (Lipinski definition) is 3. The average Bonchev–Trinajstić information content (AvgIpc) is 3.46. The molecule has 0 radical (unpaired) electrons. The summed E-state index contributed by atoms with van der Waals surface area (Å²) >= 11 is 0. The highest BCUT2D eigenvalue weighted by atomic mass is 19.1. The van der Waals surface area contributed by atoms with E-state index in [9.17, 15) is 13.6 Å². The number of aromatic amines is 1. The maximum atomic E-state index is 14.5. The Bertz CT molecular complexity index is 1240. The fourth-order valence-corrected chi connectivity index (χ4v) is 4.17. The molecule has 2 atom stereocenters. The molecule has 0 bridgehead atoms. The van der Waals surface area contributed by atoms with Gasteiger partial charge in [-0.2, -0.15) is 5.10 Å². The summed E-state index contributed by atoms with van der Waals surface area (Å²) in [6.45, 7) is 0. The molecule has 3 N–H and O–H groups in total. The minimum absolute atomic E-state index is 0.00245. The summed E-state index contributed by atoms with van der Waals surface area (Å²) in [4.78, 5) is 24.6. The van der Waals surface area contributed by atoms with Gasteiger partial charge in [0.15, 0.2) is 23.1 Å². The SMILES string of the molecule is O=C(N[C@@H]1CCCC(Nc2nc(-c3n[nH]c4ncc(F)cc34)ncc2F)C1)C1=CCC=C1. The zero-order valence-electron chi connectivity index (χ0n) is 17.1. The first-order valence-electron chi connectivity index (χ1n) is 10.5. The third-order valence-electron chi connectivity index (χ3n) is 5.72. The van der Waals surface area contributed by atoms with E-state index in [4.69, 9.17) is 0 Å². The van der Waals surface area contributed by atoms with Crippen molar-refractivity contribution in [1.29, 1.82) is 0 Å². The number of nitrogens with one attached hydrogen (secondary N) is 3. The lowest BCUT2D eigenvalue weighted by Gasteiger charge is -2.30. The number of halogens is 2. The van der Waals surface area contributed by atoms with Crippen LogP contribution in [-0.2, 0) is 4.79 Å². The minimum atomic E-state index is -0.592. The highest BCUT2D eigenvalue weighted by molar-refractivity contribution is 5.97. The molecule has 1 fully saturated rings. The number of H-pyrrole nitrogens is 1. The largest absolute Gasteiger partial charge is 0.365 e. The van der Waals surface area contributed by atoms with Crippen molar-refractivity contribution in [3.8, 4) is 11.5 Å². The van der Waals surface area contributed by atoms with E-state index >= 15 is 0 Å². The number of aromatic nitrogens is 5. The second-order valence-corrected chi connectivity index (χ2v) is 7.99. The lowest BCUT2D eigenvalue weighted by atomic mass is 9.90. The van der Waals surface area contributed by atoms with Gasteiger partial charge in [-0.15, -0.1) is 0 Å². The van der Waals surface area contributed by atoms with Gasteiger partial charge in [0.2, 0.25) is 0 Å². The third kappa shape index (κ3) is 4.08. The molecule has 1 unspecified atom stereocenters. The van der Waals surface area contributed by atoms with Gasteiger partial charge in [0, 0.05) is 17.7 Å². The van der Waals surface area contributed by atoms with Crippen LogP contribution in [0.2, 0.25) is 0 Å². The number of fused-ring (bicyclic) bond motifs is 1. The number of hydrogen-bond acceptors (Lipinski definition) is 6. The van der Waals surface area contributed by atoms with E-state index in [-0.39, 0.29) is 29.6 Å². The van der Waals surface area contributed by atoms with Gasteiger partial charge in [0.1, 0.15) is 11.5 Å². The number of allylic oxidation sites excluding steroid dienone is 2. The topological polar surface area (TPSA) is 108 Å². The van der Waals surface area contributed by atoms with E-state index in [0.717, 1.165) is 38.1 Å². The van der Waals surface area contributed by atoms with Crippen LogP contribution in [0.3, 0.4) is 0 Å². The van der Waals surface area contributed by atoms with Crippen LogP contribution >= 0.6 is 0 Å². The first-order chi connectivity index (χ1) is 15.6. The van der Waals surface area contributed by atoms with Crippen LogP contribution in [0.25, 0.3) is 22.6 Å². The number of nitrogens with zero attached hydrogens (tertiary/aromatic N) is 4. The van der Waals surface area contributed by atoms with Gasteiger partial charge in [-0.25, -0.2) is 23.7 Å². The minimum Gasteiger partial charge on any atom is -0.365 e. The lowest BCUT2D eigenvalue weighted by Crippen LogP contribution is -2.42. The fourth-order valence-electron chi connectivity index (χ4n) is 4.17. The van der Waals surface area contributed by atoms with Crippen molar-refractivity contribution >= 4 is 22.8 Å². The second-order valence-electron chi connectivity index (χ2n) is 7.99. The van der Waals surface area contributed by atoms with Crippen molar-refractivity contribution in [3.05, 3.63) is 53.9 Å². The molecule has 0 spiro atoms. The number of carbonyl (C=O) groups is 1. The Labute approximate surface area is 182 Å². The van der Waals surface area contributed by atoms with Crippen LogP contribution in [0.15, 0.2) is 42.3 Å². The monoisotopic (exact) mass is 437 g/mol. The highest BCUT2D eigenvalue weighted by Crippen LogP contribution is 2.27. The summed E-state index contributed by atoms with van der Waals surface area (Å²) in [7, 11) is 0. The Morgan fingerprint density at radius 1 is 1.16 bits per heavy atom. The molecule has 10 heteroatoms. The summed E-state index contributed by atoms with van der Waals surface area (Å²) in [5.74, 6) is -0.974. The second kappa shape index (κ2) is 8.45. The lowest BCUT2D eigenvalue weighted by molar-refractivity contribution is -0.118. The van der Waals surface area contributed by atoms with E-state index in [2.05, 4.69) is 35.8 Å². The Morgan fingerprint density at radius 3 is 2.88 bits per heavy atom. The van der Waals surface area contributed by atoms with Crippen molar-refractivity contribution in [2.45, 2.75) is 44.2 Å². The van der Waals surface area contributed by atoms with Crippen LogP contribution in [0.1, 0.15) is 32.1 Å². The van der Waals surface area contributed by atoms with E-state index in [1.54, 1.807) is 0 Å². The third-order valence-corrected chi connectivity index (χ3v) is 5.72. The van der Waals surface area contributed by atoms with Gasteiger partial charge >= 0.3 is 0 Å². The molecule has 2 aliphatic carbocycles. The molecular formula is C22H21F2N7O. The van der Waals surface area contributed by atoms with E-state index in [1.807, 2.05) is 18.2 Å². The zero-order valence-corrected chi connectivity index (χ0v) is 17.1. The van der Waals surface area contributed by atoms with Crippen molar-refractivity contribution in [3.63, 3.8) is 0 Å². The summed E-state index contributed by atoms with van der Waals surface area (Å²) in [5, 5.41) is 13.5. The molecule has 32 heavy (non-hydrogen) atoms. The molecule has 8 nitrogen and oxygen atoms in total. The maximum absolute atomic E-state index is 14.5. The van der Waals surface area contributed by atoms with Crippen molar-refractivity contribution < 1.29 is 13.6 Å². The Balaban J connectivity index is 1.32. The van der Waals surface area contributed by atoms with Gasteiger partial charge in [-0.3, -0.25) is 9.89 Å². The van der Waals surface area contributed by atoms with Crippen LogP contribution < -0.4 is 10.6 Å². The summed E-state index contributed by atoms with van der Waals surface area (Å²) < 4.78 is 28.1. The van der Waals surface area contributed by atoms with Crippen molar-refractivity contribution in [1.82, 2.24) is 30.5 Å². The standard InChI is InChI=1S/C22H21F2N7O/c23-13-8-16-18(30-31-19(16)25-10-13)21-26-11-17(24)20(29-21)27-14-6-3-7-15(9-14)28-22(32)12-4-1-2-5-12/h1,4-5,8,10-11,14-15H,2-3,6-7,9H2,(H,28,32)(H,25,30,31)(H,26,27,29)/t14?,15-/m1/s1. The number of pyridine rings is 1. The molecular weight excluding hydrogens is 416 g/mol. The van der Waals surface area contributed by atoms with Crippen LogP contribution in [0.4, 0.5) is 14.6 Å². The molecule has 3 aromatic heterocycles. The number of anilines is 1. The van der Waals surface area contributed by atoms with E-state index in [1.165, 1.54) is 6.07 Å². The van der Waals surface area contributed by atoms with Gasteiger partial charge in [0.05, 0.1) is 17.8 Å². The fraction of sp³-hybridized carbons (Fsp3) is 0.318. The molecule has 2 aliphatic rings. The van der Waals surface area contributed by atoms with Crippen LogP contribution in [-0.4, -0.2) is 43.1 Å². The van der Waals surface area contributed by atoms with E-state index in [0.29, 0.717) is 28.7 Å².